The highest BCUT2D eigenvalue weighted by Crippen LogP contribution is 2.48. The zero-order valence-electron chi connectivity index (χ0n) is 33.9. The van der Waals surface area contributed by atoms with Crippen molar-refractivity contribution in [2.75, 3.05) is 0 Å². The molecule has 3 heterocycles. The fraction of sp³-hybridized carbons (Fsp3) is 0. The van der Waals surface area contributed by atoms with Crippen molar-refractivity contribution < 1.29 is 8.83 Å². The first-order valence-corrected chi connectivity index (χ1v) is 22.3. The minimum Gasteiger partial charge on any atom is -0.456 e. The van der Waals surface area contributed by atoms with E-state index in [1.807, 2.05) is 35.6 Å². The molecule has 0 aliphatic heterocycles. The maximum atomic E-state index is 6.57. The summed E-state index contributed by atoms with van der Waals surface area (Å²) >= 11 is 1.87. The van der Waals surface area contributed by atoms with Gasteiger partial charge in [-0.2, -0.15) is 0 Å². The highest BCUT2D eigenvalue weighted by Gasteiger charge is 2.21. The van der Waals surface area contributed by atoms with E-state index in [-0.39, 0.29) is 0 Å². The van der Waals surface area contributed by atoms with E-state index in [2.05, 4.69) is 182 Å². The molecule has 3 heteroatoms. The van der Waals surface area contributed by atoms with Gasteiger partial charge in [0.1, 0.15) is 22.3 Å². The lowest BCUT2D eigenvalue weighted by atomic mass is 9.84. The van der Waals surface area contributed by atoms with Gasteiger partial charge in [0.05, 0.1) is 0 Å². The third-order valence-corrected chi connectivity index (χ3v) is 14.4. The number of furan rings is 2. The van der Waals surface area contributed by atoms with Gasteiger partial charge in [-0.3, -0.25) is 0 Å². The van der Waals surface area contributed by atoms with E-state index >= 15 is 0 Å². The summed E-state index contributed by atoms with van der Waals surface area (Å²) in [6.07, 6.45) is 0. The van der Waals surface area contributed by atoms with Gasteiger partial charge in [-0.1, -0.05) is 158 Å². The summed E-state index contributed by atoms with van der Waals surface area (Å²) in [5, 5.41) is 14.3. The SMILES string of the molecule is c1ccc2c(-c3ccc4c(-c5ccc(-c6ccc7c(c6)sc6ccccc67)cc5)c5ccccc5c(-c5ccc6oc7ccc8oc9ccccc9c8c7c6c5)c4c3)cccc2c1. The Hall–Kier alpha value is -7.98. The maximum absolute atomic E-state index is 6.57. The molecule has 0 spiro atoms. The minimum atomic E-state index is 0.858. The molecule has 0 bridgehead atoms. The Labute approximate surface area is 365 Å². The molecule has 2 nitrogen and oxygen atoms in total. The largest absolute Gasteiger partial charge is 0.456 e. The van der Waals surface area contributed by atoms with Crippen molar-refractivity contribution in [1.82, 2.24) is 0 Å². The Morgan fingerprint density at radius 1 is 0.270 bits per heavy atom. The van der Waals surface area contributed by atoms with Gasteiger partial charge in [-0.05, 0) is 125 Å². The lowest BCUT2D eigenvalue weighted by molar-refractivity contribution is 0.663. The molecule has 0 atom stereocenters. The van der Waals surface area contributed by atoms with Gasteiger partial charge in [-0.15, -0.1) is 11.3 Å². The summed E-state index contributed by atoms with van der Waals surface area (Å²) in [4.78, 5) is 0. The summed E-state index contributed by atoms with van der Waals surface area (Å²) in [6.45, 7) is 0. The van der Waals surface area contributed by atoms with Gasteiger partial charge in [0.2, 0.25) is 0 Å². The molecule has 0 saturated heterocycles. The van der Waals surface area contributed by atoms with E-state index in [4.69, 9.17) is 8.83 Å². The summed E-state index contributed by atoms with van der Waals surface area (Å²) in [6, 6.07) is 75.3. The van der Waals surface area contributed by atoms with Crippen molar-refractivity contribution in [3.8, 4) is 44.5 Å². The molecular formula is C60H34O2S. The van der Waals surface area contributed by atoms with Crippen LogP contribution in [0.4, 0.5) is 0 Å². The van der Waals surface area contributed by atoms with Crippen LogP contribution < -0.4 is 0 Å². The topological polar surface area (TPSA) is 26.3 Å². The smallest absolute Gasteiger partial charge is 0.136 e. The Kier molecular flexibility index (Phi) is 7.30. The average molecular weight is 819 g/mol. The van der Waals surface area contributed by atoms with Crippen molar-refractivity contribution >= 4 is 108 Å². The normalized spacial score (nSPS) is 12.1. The van der Waals surface area contributed by atoms with Crippen molar-refractivity contribution in [3.63, 3.8) is 0 Å². The Morgan fingerprint density at radius 2 is 0.794 bits per heavy atom. The molecule has 0 aliphatic carbocycles. The predicted molar refractivity (Wildman–Crippen MR) is 268 cm³/mol. The number of hydrogen-bond donors (Lipinski definition) is 0. The molecule has 0 saturated carbocycles. The molecule has 0 radical (unpaired) electrons. The maximum Gasteiger partial charge on any atom is 0.136 e. The minimum absolute atomic E-state index is 0.858. The Bertz CT molecular complexity index is 4190. The van der Waals surface area contributed by atoms with E-state index < -0.39 is 0 Å². The molecule has 11 aromatic carbocycles. The van der Waals surface area contributed by atoms with Gasteiger partial charge in [0.25, 0.3) is 0 Å². The number of para-hydroxylation sites is 1. The lowest BCUT2D eigenvalue weighted by Crippen LogP contribution is -1.92. The van der Waals surface area contributed by atoms with Crippen LogP contribution in [-0.2, 0) is 0 Å². The molecule has 0 unspecified atom stereocenters. The molecule has 0 fully saturated rings. The summed E-state index contributed by atoms with van der Waals surface area (Å²) < 4.78 is 15.6. The molecule has 0 N–H and O–H groups in total. The van der Waals surface area contributed by atoms with Crippen LogP contribution in [0.25, 0.3) is 141 Å². The first-order chi connectivity index (χ1) is 31.2. The van der Waals surface area contributed by atoms with Crippen molar-refractivity contribution in [1.29, 1.82) is 0 Å². The van der Waals surface area contributed by atoms with Crippen LogP contribution in [0.1, 0.15) is 0 Å². The molecule has 14 aromatic rings. The fourth-order valence-electron chi connectivity index (χ4n) is 10.4. The van der Waals surface area contributed by atoms with E-state index in [9.17, 15) is 0 Å². The Balaban J connectivity index is 1.01. The van der Waals surface area contributed by atoms with Crippen LogP contribution in [-0.4, -0.2) is 0 Å². The van der Waals surface area contributed by atoms with Gasteiger partial charge < -0.3 is 8.83 Å². The molecule has 3 aromatic heterocycles. The summed E-state index contributed by atoms with van der Waals surface area (Å²) in [5.74, 6) is 0. The first-order valence-electron chi connectivity index (χ1n) is 21.5. The second-order valence-electron chi connectivity index (χ2n) is 16.7. The predicted octanol–water partition coefficient (Wildman–Crippen LogP) is 18.0. The van der Waals surface area contributed by atoms with Gasteiger partial charge in [0, 0.05) is 41.7 Å². The highest BCUT2D eigenvalue weighted by atomic mass is 32.1. The second kappa shape index (κ2) is 13.3. The molecule has 63 heavy (non-hydrogen) atoms. The third kappa shape index (κ3) is 5.18. The van der Waals surface area contributed by atoms with Crippen LogP contribution in [0.2, 0.25) is 0 Å². The van der Waals surface area contributed by atoms with Crippen LogP contribution in [0, 0.1) is 0 Å². The standard InChI is InChI=1S/C60H34O2S/c1-2-12-41-36(10-1)11-9-17-42(41)39-25-28-47-49(32-39)58(40-26-29-52-50(33-40)60-54(62-52)31-30-53-59(60)48-16-5-7-18-51(48)61-53)46-15-4-3-14-45(46)57(47)37-22-20-35(21-23-37)38-24-27-44-43-13-6-8-19-55(43)63-56(44)34-38/h1-34H. The second-order valence-corrected chi connectivity index (χ2v) is 17.8. The van der Waals surface area contributed by atoms with Gasteiger partial charge in [-0.25, -0.2) is 0 Å². The number of fused-ring (bicyclic) bond motifs is 13. The van der Waals surface area contributed by atoms with E-state index in [1.54, 1.807) is 0 Å². The zero-order valence-corrected chi connectivity index (χ0v) is 34.7. The number of thiophene rings is 1. The zero-order chi connectivity index (χ0) is 41.2. The third-order valence-electron chi connectivity index (χ3n) is 13.3. The van der Waals surface area contributed by atoms with Crippen LogP contribution in [0.3, 0.4) is 0 Å². The Morgan fingerprint density at radius 3 is 1.62 bits per heavy atom. The number of rotatable bonds is 4. The van der Waals surface area contributed by atoms with E-state index in [1.165, 1.54) is 91.4 Å². The molecular weight excluding hydrogens is 785 g/mol. The molecule has 0 amide bonds. The molecule has 292 valence electrons. The van der Waals surface area contributed by atoms with Crippen molar-refractivity contribution in [2.45, 2.75) is 0 Å². The number of benzene rings is 11. The fourth-order valence-corrected chi connectivity index (χ4v) is 11.6. The van der Waals surface area contributed by atoms with Crippen molar-refractivity contribution in [3.05, 3.63) is 206 Å². The molecule has 0 aliphatic rings. The van der Waals surface area contributed by atoms with E-state index in [0.29, 0.717) is 0 Å². The van der Waals surface area contributed by atoms with Crippen LogP contribution >= 0.6 is 11.3 Å². The lowest BCUT2D eigenvalue weighted by Gasteiger charge is -2.19. The van der Waals surface area contributed by atoms with Gasteiger partial charge in [0.15, 0.2) is 0 Å². The number of hydrogen-bond acceptors (Lipinski definition) is 3. The quantitative estimate of drug-likeness (QED) is 0.165. The summed E-state index contributed by atoms with van der Waals surface area (Å²) in [5.41, 5.74) is 13.1. The van der Waals surface area contributed by atoms with Crippen molar-refractivity contribution in [2.24, 2.45) is 0 Å². The molecule has 14 rings (SSSR count). The highest BCUT2D eigenvalue weighted by molar-refractivity contribution is 7.25. The monoisotopic (exact) mass is 818 g/mol. The first kappa shape index (κ1) is 34.7. The van der Waals surface area contributed by atoms with Crippen LogP contribution in [0.5, 0.6) is 0 Å². The van der Waals surface area contributed by atoms with Crippen LogP contribution in [0.15, 0.2) is 215 Å². The average Bonchev–Trinajstić information content (AvgIpc) is 4.03. The van der Waals surface area contributed by atoms with Gasteiger partial charge >= 0.3 is 0 Å². The van der Waals surface area contributed by atoms with E-state index in [0.717, 1.165) is 49.4 Å². The summed E-state index contributed by atoms with van der Waals surface area (Å²) in [7, 11) is 0.